The molecule has 3 aromatic carbocycles. The number of anilines is 1. The second-order valence-corrected chi connectivity index (χ2v) is 7.66. The minimum absolute atomic E-state index is 0.169. The number of urea groups is 1. The number of hydrogen-bond acceptors (Lipinski definition) is 4. The molecule has 4 amide bonds. The third kappa shape index (κ3) is 4.55. The summed E-state index contributed by atoms with van der Waals surface area (Å²) in [7, 11) is 0. The van der Waals surface area contributed by atoms with Crippen LogP contribution in [0.5, 0.6) is 5.75 Å². The smallest absolute Gasteiger partial charge is 0.335 e. The summed E-state index contributed by atoms with van der Waals surface area (Å²) in [5.41, 5.74) is 2.88. The maximum atomic E-state index is 12.9. The number of nitrogens with zero attached hydrogens (tertiary/aromatic N) is 1. The molecule has 1 fully saturated rings. The Bertz CT molecular complexity index is 1220. The number of carbonyl (C=O) groups is 3. The molecule has 0 unspecified atom stereocenters. The number of rotatable bonds is 5. The van der Waals surface area contributed by atoms with E-state index in [1.807, 2.05) is 31.2 Å². The monoisotopic (exact) mass is 446 g/mol. The molecule has 160 valence electrons. The van der Waals surface area contributed by atoms with Gasteiger partial charge in [0.1, 0.15) is 17.9 Å². The van der Waals surface area contributed by atoms with Gasteiger partial charge in [0.05, 0.1) is 10.7 Å². The molecule has 0 radical (unpaired) electrons. The lowest BCUT2D eigenvalue weighted by Gasteiger charge is -2.27. The number of imide groups is 2. The Morgan fingerprint density at radius 3 is 2.31 bits per heavy atom. The zero-order chi connectivity index (χ0) is 22.7. The number of para-hydroxylation sites is 1. The molecule has 4 rings (SSSR count). The van der Waals surface area contributed by atoms with E-state index in [0.717, 1.165) is 10.5 Å². The summed E-state index contributed by atoms with van der Waals surface area (Å²) in [5, 5.41) is 2.41. The van der Waals surface area contributed by atoms with Crippen LogP contribution in [0.3, 0.4) is 0 Å². The number of nitrogens with one attached hydrogen (secondary N) is 1. The molecule has 0 bridgehead atoms. The molecule has 1 aliphatic rings. The third-order valence-corrected chi connectivity index (χ3v) is 5.23. The lowest BCUT2D eigenvalue weighted by Crippen LogP contribution is -2.54. The van der Waals surface area contributed by atoms with Crippen molar-refractivity contribution < 1.29 is 19.1 Å². The molecule has 0 atom stereocenters. The molecule has 1 N–H and O–H groups in total. The Morgan fingerprint density at radius 2 is 1.62 bits per heavy atom. The van der Waals surface area contributed by atoms with Crippen LogP contribution >= 0.6 is 11.6 Å². The topological polar surface area (TPSA) is 75.7 Å². The number of ether oxygens (including phenoxy) is 1. The highest BCUT2D eigenvalue weighted by Gasteiger charge is 2.37. The Hall–Kier alpha value is -3.90. The quantitative estimate of drug-likeness (QED) is 0.447. The molecular weight excluding hydrogens is 428 g/mol. The van der Waals surface area contributed by atoms with Crippen LogP contribution in [0.2, 0.25) is 5.02 Å². The molecule has 3 aromatic rings. The molecule has 7 heteroatoms. The summed E-state index contributed by atoms with van der Waals surface area (Å²) in [6.07, 6.45) is 1.43. The average molecular weight is 447 g/mol. The van der Waals surface area contributed by atoms with Crippen molar-refractivity contribution in [2.24, 2.45) is 0 Å². The average Bonchev–Trinajstić information content (AvgIpc) is 2.78. The van der Waals surface area contributed by atoms with Crippen LogP contribution < -0.4 is 15.0 Å². The Morgan fingerprint density at radius 1 is 0.938 bits per heavy atom. The summed E-state index contributed by atoms with van der Waals surface area (Å²) < 4.78 is 5.79. The molecule has 0 spiro atoms. The molecule has 0 aliphatic carbocycles. The first-order valence-corrected chi connectivity index (χ1v) is 10.2. The van der Waals surface area contributed by atoms with Crippen LogP contribution in [0.1, 0.15) is 16.7 Å². The van der Waals surface area contributed by atoms with Crippen molar-refractivity contribution in [2.75, 3.05) is 4.90 Å². The van der Waals surface area contributed by atoms with Crippen molar-refractivity contribution in [3.8, 4) is 5.75 Å². The van der Waals surface area contributed by atoms with E-state index in [9.17, 15) is 14.4 Å². The van der Waals surface area contributed by atoms with E-state index in [2.05, 4.69) is 5.32 Å². The third-order valence-electron chi connectivity index (χ3n) is 4.91. The molecule has 1 saturated heterocycles. The van der Waals surface area contributed by atoms with Crippen LogP contribution in [0.25, 0.3) is 6.08 Å². The normalized spacial score (nSPS) is 15.1. The lowest BCUT2D eigenvalue weighted by atomic mass is 10.1. The molecule has 1 aliphatic heterocycles. The number of amides is 4. The van der Waals surface area contributed by atoms with Gasteiger partial charge in [0.2, 0.25) is 0 Å². The van der Waals surface area contributed by atoms with Gasteiger partial charge in [0, 0.05) is 0 Å². The van der Waals surface area contributed by atoms with Gasteiger partial charge in [-0.3, -0.25) is 14.9 Å². The molecule has 32 heavy (non-hydrogen) atoms. The second-order valence-electron chi connectivity index (χ2n) is 7.25. The predicted octanol–water partition coefficient (Wildman–Crippen LogP) is 4.89. The van der Waals surface area contributed by atoms with Crippen molar-refractivity contribution in [1.82, 2.24) is 5.32 Å². The Balaban J connectivity index is 1.52. The first kappa shape index (κ1) is 21.3. The van der Waals surface area contributed by atoms with Crippen LogP contribution in [0.4, 0.5) is 10.5 Å². The maximum absolute atomic E-state index is 12.9. The van der Waals surface area contributed by atoms with Crippen molar-refractivity contribution in [2.45, 2.75) is 13.5 Å². The van der Waals surface area contributed by atoms with Crippen molar-refractivity contribution in [1.29, 1.82) is 0 Å². The Labute approximate surface area is 190 Å². The highest BCUT2D eigenvalue weighted by molar-refractivity contribution is 6.42. The number of hydrogen-bond donors (Lipinski definition) is 1. The van der Waals surface area contributed by atoms with Crippen LogP contribution in [0.15, 0.2) is 78.4 Å². The van der Waals surface area contributed by atoms with E-state index < -0.39 is 17.8 Å². The predicted molar refractivity (Wildman–Crippen MR) is 122 cm³/mol. The fourth-order valence-corrected chi connectivity index (χ4v) is 3.41. The van der Waals surface area contributed by atoms with Gasteiger partial charge >= 0.3 is 6.03 Å². The molecule has 1 heterocycles. The second kappa shape index (κ2) is 9.08. The first-order valence-electron chi connectivity index (χ1n) is 9.87. The van der Waals surface area contributed by atoms with Crippen molar-refractivity contribution >= 4 is 41.2 Å². The molecular formula is C25H19ClN2O4. The van der Waals surface area contributed by atoms with Gasteiger partial charge in [-0.25, -0.2) is 9.69 Å². The number of carbonyl (C=O) groups excluding carboxylic acids is 3. The zero-order valence-corrected chi connectivity index (χ0v) is 17.9. The maximum Gasteiger partial charge on any atom is 0.335 e. The molecule has 0 aromatic heterocycles. The number of barbiturate groups is 1. The summed E-state index contributed by atoms with van der Waals surface area (Å²) in [6.45, 7) is 2.45. The van der Waals surface area contributed by atoms with E-state index in [0.29, 0.717) is 17.9 Å². The number of halogens is 1. The van der Waals surface area contributed by atoms with Crippen LogP contribution in [-0.2, 0) is 16.2 Å². The van der Waals surface area contributed by atoms with Gasteiger partial charge in [-0.1, -0.05) is 65.7 Å². The standard InChI is InChI=1S/C25H19ClN2O4/c1-16-6-8-18(9-7-16)15-32-19-12-10-17(11-13-19)14-20-23(29)27-25(31)28(24(20)30)22-5-3-2-4-21(22)26/h2-14H,15H2,1H3,(H,27,29,31)/b20-14+. The van der Waals surface area contributed by atoms with Gasteiger partial charge in [-0.2, -0.15) is 0 Å². The highest BCUT2D eigenvalue weighted by atomic mass is 35.5. The van der Waals surface area contributed by atoms with Gasteiger partial charge < -0.3 is 4.74 Å². The fraction of sp³-hybridized carbons (Fsp3) is 0.0800. The van der Waals surface area contributed by atoms with Crippen molar-refractivity contribution in [3.63, 3.8) is 0 Å². The van der Waals surface area contributed by atoms with E-state index in [4.69, 9.17) is 16.3 Å². The first-order chi connectivity index (χ1) is 15.4. The number of benzene rings is 3. The minimum atomic E-state index is -0.842. The summed E-state index contributed by atoms with van der Waals surface area (Å²) >= 11 is 6.14. The highest BCUT2D eigenvalue weighted by Crippen LogP contribution is 2.29. The number of aryl methyl sites for hydroxylation is 1. The van der Waals surface area contributed by atoms with Gasteiger partial charge in [0.25, 0.3) is 11.8 Å². The van der Waals surface area contributed by atoms with E-state index >= 15 is 0 Å². The largest absolute Gasteiger partial charge is 0.489 e. The zero-order valence-electron chi connectivity index (χ0n) is 17.2. The molecule has 6 nitrogen and oxygen atoms in total. The lowest BCUT2D eigenvalue weighted by molar-refractivity contribution is -0.122. The van der Waals surface area contributed by atoms with E-state index in [-0.39, 0.29) is 16.3 Å². The van der Waals surface area contributed by atoms with Crippen LogP contribution in [0, 0.1) is 6.92 Å². The minimum Gasteiger partial charge on any atom is -0.489 e. The summed E-state index contributed by atoms with van der Waals surface area (Å²) in [4.78, 5) is 38.4. The van der Waals surface area contributed by atoms with Gasteiger partial charge in [-0.05, 0) is 48.4 Å². The van der Waals surface area contributed by atoms with Gasteiger partial charge in [0.15, 0.2) is 0 Å². The van der Waals surface area contributed by atoms with Crippen molar-refractivity contribution in [3.05, 3.63) is 100 Å². The summed E-state index contributed by atoms with van der Waals surface area (Å²) in [6, 6.07) is 20.6. The molecule has 0 saturated carbocycles. The van der Waals surface area contributed by atoms with Gasteiger partial charge in [-0.15, -0.1) is 0 Å². The van der Waals surface area contributed by atoms with E-state index in [1.165, 1.54) is 17.7 Å². The SMILES string of the molecule is Cc1ccc(COc2ccc(/C=C3\C(=O)NC(=O)N(c4ccccc4Cl)C3=O)cc2)cc1. The fourth-order valence-electron chi connectivity index (χ4n) is 3.19. The summed E-state index contributed by atoms with van der Waals surface area (Å²) in [5.74, 6) is -0.852. The van der Waals surface area contributed by atoms with Crippen LogP contribution in [-0.4, -0.2) is 17.8 Å². The Kier molecular flexibility index (Phi) is 6.05. The van der Waals surface area contributed by atoms with E-state index in [1.54, 1.807) is 42.5 Å².